The molecule has 3 nitrogen and oxygen atoms in total. The molecule has 3 aromatic rings. The summed E-state index contributed by atoms with van der Waals surface area (Å²) in [6.45, 7) is 4.20. The molecule has 0 spiro atoms. The van der Waals surface area contributed by atoms with Gasteiger partial charge in [0.15, 0.2) is 0 Å². The van der Waals surface area contributed by atoms with Gasteiger partial charge in [-0.05, 0) is 42.5 Å². The molecule has 140 valence electrons. The highest BCUT2D eigenvalue weighted by atomic mass is 35.5. The molecule has 2 aromatic carbocycles. The molecular weight excluding hydrogens is 384 g/mol. The van der Waals surface area contributed by atoms with E-state index in [9.17, 15) is 4.39 Å². The van der Waals surface area contributed by atoms with E-state index < -0.39 is 0 Å². The van der Waals surface area contributed by atoms with Crippen LogP contribution in [0, 0.1) is 5.82 Å². The van der Waals surface area contributed by atoms with Crippen LogP contribution in [0.1, 0.15) is 5.69 Å². The number of piperazine rings is 1. The van der Waals surface area contributed by atoms with Crippen LogP contribution in [0.3, 0.4) is 0 Å². The van der Waals surface area contributed by atoms with Gasteiger partial charge in [0.25, 0.3) is 0 Å². The third-order valence-electron chi connectivity index (χ3n) is 4.95. The van der Waals surface area contributed by atoms with Gasteiger partial charge in [-0.3, -0.25) is 4.90 Å². The van der Waals surface area contributed by atoms with Gasteiger partial charge >= 0.3 is 0 Å². The molecule has 0 unspecified atom stereocenters. The summed E-state index contributed by atoms with van der Waals surface area (Å²) in [5.41, 5.74) is 2.78. The van der Waals surface area contributed by atoms with Crippen LogP contribution in [0.15, 0.2) is 60.8 Å². The van der Waals surface area contributed by atoms with E-state index in [0.29, 0.717) is 15.7 Å². The van der Waals surface area contributed by atoms with Gasteiger partial charge in [0.2, 0.25) is 0 Å². The number of halogens is 3. The maximum Gasteiger partial charge on any atom is 0.146 e. The maximum atomic E-state index is 14.0. The zero-order chi connectivity index (χ0) is 18.8. The van der Waals surface area contributed by atoms with E-state index in [1.165, 1.54) is 11.8 Å². The van der Waals surface area contributed by atoms with Crippen molar-refractivity contribution in [2.45, 2.75) is 6.54 Å². The third kappa shape index (κ3) is 3.98. The highest BCUT2D eigenvalue weighted by molar-refractivity contribution is 6.35. The molecule has 0 bridgehead atoms. The fourth-order valence-corrected chi connectivity index (χ4v) is 4.04. The minimum atomic E-state index is -0.155. The number of nitrogens with zero attached hydrogens (tertiary/aromatic N) is 3. The molecule has 1 saturated heterocycles. The minimum absolute atomic E-state index is 0.155. The zero-order valence-electron chi connectivity index (χ0n) is 14.8. The lowest BCUT2D eigenvalue weighted by atomic mass is 10.2. The number of aromatic nitrogens is 1. The molecule has 27 heavy (non-hydrogen) atoms. The van der Waals surface area contributed by atoms with Gasteiger partial charge in [0.1, 0.15) is 5.82 Å². The van der Waals surface area contributed by atoms with Crippen LogP contribution in [0.25, 0.3) is 5.69 Å². The molecular formula is C21H20Cl2FN3. The van der Waals surface area contributed by atoms with Crippen molar-refractivity contribution in [2.75, 3.05) is 31.1 Å². The smallest absolute Gasteiger partial charge is 0.146 e. The van der Waals surface area contributed by atoms with Gasteiger partial charge < -0.3 is 9.47 Å². The molecule has 4 rings (SSSR count). The highest BCUT2D eigenvalue weighted by Gasteiger charge is 2.20. The van der Waals surface area contributed by atoms with Crippen LogP contribution in [0.5, 0.6) is 0 Å². The number of rotatable bonds is 4. The van der Waals surface area contributed by atoms with Crippen molar-refractivity contribution in [1.29, 1.82) is 0 Å². The van der Waals surface area contributed by atoms with Gasteiger partial charge in [0, 0.05) is 49.6 Å². The second-order valence-electron chi connectivity index (χ2n) is 6.68. The third-order valence-corrected chi connectivity index (χ3v) is 5.49. The second kappa shape index (κ2) is 7.93. The highest BCUT2D eigenvalue weighted by Crippen LogP contribution is 2.27. The Morgan fingerprint density at radius 3 is 2.37 bits per heavy atom. The van der Waals surface area contributed by atoms with Crippen LogP contribution in [0.2, 0.25) is 10.0 Å². The van der Waals surface area contributed by atoms with Crippen molar-refractivity contribution in [3.05, 3.63) is 82.4 Å². The standard InChI is InChI=1S/C21H20Cl2FN3/c22-16-7-8-20(18(23)14-16)27-9-3-4-17(27)15-25-10-12-26(13-11-25)21-6-2-1-5-19(21)24/h1-9,14H,10-13,15H2. The Morgan fingerprint density at radius 1 is 0.852 bits per heavy atom. The van der Waals surface area contributed by atoms with Gasteiger partial charge in [-0.15, -0.1) is 0 Å². The molecule has 2 heterocycles. The van der Waals surface area contributed by atoms with E-state index in [1.54, 1.807) is 12.1 Å². The lowest BCUT2D eigenvalue weighted by Crippen LogP contribution is -2.46. The molecule has 0 radical (unpaired) electrons. The first-order valence-electron chi connectivity index (χ1n) is 8.95. The monoisotopic (exact) mass is 403 g/mol. The predicted molar refractivity (Wildman–Crippen MR) is 110 cm³/mol. The van der Waals surface area contributed by atoms with Crippen molar-refractivity contribution < 1.29 is 4.39 Å². The number of hydrogen-bond donors (Lipinski definition) is 0. The van der Waals surface area contributed by atoms with Gasteiger partial charge in [-0.25, -0.2) is 4.39 Å². The Balaban J connectivity index is 1.45. The summed E-state index contributed by atoms with van der Waals surface area (Å²) in [6, 6.07) is 16.6. The summed E-state index contributed by atoms with van der Waals surface area (Å²) >= 11 is 12.4. The molecule has 6 heteroatoms. The molecule has 0 saturated carbocycles. The fraction of sp³-hybridized carbons (Fsp3) is 0.238. The minimum Gasteiger partial charge on any atom is -0.367 e. The Bertz CT molecular complexity index is 933. The number of benzene rings is 2. The average Bonchev–Trinajstić information content (AvgIpc) is 3.11. The quantitative estimate of drug-likeness (QED) is 0.589. The lowest BCUT2D eigenvalue weighted by molar-refractivity contribution is 0.245. The van der Waals surface area contributed by atoms with Crippen LogP contribution in [-0.4, -0.2) is 35.6 Å². The number of hydrogen-bond acceptors (Lipinski definition) is 2. The molecule has 0 aliphatic carbocycles. The van der Waals surface area contributed by atoms with E-state index in [0.717, 1.165) is 38.4 Å². The molecule has 1 aromatic heterocycles. The molecule has 0 N–H and O–H groups in total. The average molecular weight is 404 g/mol. The van der Waals surface area contributed by atoms with E-state index >= 15 is 0 Å². The largest absolute Gasteiger partial charge is 0.367 e. The van der Waals surface area contributed by atoms with Crippen molar-refractivity contribution in [2.24, 2.45) is 0 Å². The first-order chi connectivity index (χ1) is 13.1. The normalized spacial score (nSPS) is 15.3. The van der Waals surface area contributed by atoms with Crippen LogP contribution >= 0.6 is 23.2 Å². The van der Waals surface area contributed by atoms with Crippen molar-refractivity contribution in [1.82, 2.24) is 9.47 Å². The SMILES string of the molecule is Fc1ccccc1N1CCN(Cc2cccn2-c2ccc(Cl)cc2Cl)CC1. The number of para-hydroxylation sites is 1. The van der Waals surface area contributed by atoms with Gasteiger partial charge in [0.05, 0.1) is 16.4 Å². The van der Waals surface area contributed by atoms with Crippen molar-refractivity contribution in [3.63, 3.8) is 0 Å². The number of anilines is 1. The summed E-state index contributed by atoms with van der Waals surface area (Å²) in [7, 11) is 0. The van der Waals surface area contributed by atoms with Gasteiger partial charge in [-0.2, -0.15) is 0 Å². The predicted octanol–water partition coefficient (Wildman–Crippen LogP) is 5.25. The topological polar surface area (TPSA) is 11.4 Å². The first-order valence-corrected chi connectivity index (χ1v) is 9.71. The van der Waals surface area contributed by atoms with Crippen molar-refractivity contribution >= 4 is 28.9 Å². The van der Waals surface area contributed by atoms with Gasteiger partial charge in [-0.1, -0.05) is 35.3 Å². The maximum absolute atomic E-state index is 14.0. The Kier molecular flexibility index (Phi) is 5.39. The zero-order valence-corrected chi connectivity index (χ0v) is 16.3. The molecule has 0 amide bonds. The molecule has 1 aliphatic heterocycles. The van der Waals surface area contributed by atoms with E-state index in [1.807, 2.05) is 36.5 Å². The molecule has 0 atom stereocenters. The Morgan fingerprint density at radius 2 is 1.63 bits per heavy atom. The summed E-state index contributed by atoms with van der Waals surface area (Å²) in [5, 5.41) is 1.26. The first kappa shape index (κ1) is 18.4. The van der Waals surface area contributed by atoms with E-state index in [4.69, 9.17) is 23.2 Å². The van der Waals surface area contributed by atoms with E-state index in [-0.39, 0.29) is 5.82 Å². The lowest BCUT2D eigenvalue weighted by Gasteiger charge is -2.36. The summed E-state index contributed by atoms with van der Waals surface area (Å²) in [5.74, 6) is -0.155. The molecule has 1 aliphatic rings. The van der Waals surface area contributed by atoms with Crippen LogP contribution in [0.4, 0.5) is 10.1 Å². The summed E-state index contributed by atoms with van der Waals surface area (Å²) in [4.78, 5) is 4.49. The van der Waals surface area contributed by atoms with E-state index in [2.05, 4.69) is 20.4 Å². The Hall–Kier alpha value is -2.01. The summed E-state index contributed by atoms with van der Waals surface area (Å²) < 4.78 is 16.1. The molecule has 1 fully saturated rings. The summed E-state index contributed by atoms with van der Waals surface area (Å²) in [6.07, 6.45) is 2.01. The van der Waals surface area contributed by atoms with Crippen LogP contribution < -0.4 is 4.90 Å². The Labute approximate surface area is 168 Å². The van der Waals surface area contributed by atoms with Crippen molar-refractivity contribution in [3.8, 4) is 5.69 Å². The van der Waals surface area contributed by atoms with Crippen LogP contribution in [-0.2, 0) is 6.54 Å². The second-order valence-corrected chi connectivity index (χ2v) is 7.52. The fourth-order valence-electron chi connectivity index (χ4n) is 3.54.